The molecule has 1 aliphatic heterocycles. The Bertz CT molecular complexity index is 708. The molecule has 0 aromatic heterocycles. The fraction of sp³-hybridized carbons (Fsp3) is 0.294. The second-order valence-corrected chi connectivity index (χ2v) is 7.51. The van der Waals surface area contributed by atoms with E-state index in [0.717, 1.165) is 12.0 Å². The van der Waals surface area contributed by atoms with Crippen molar-refractivity contribution < 1.29 is 8.42 Å². The molecule has 0 amide bonds. The van der Waals surface area contributed by atoms with Gasteiger partial charge in [0.2, 0.25) is 10.0 Å². The van der Waals surface area contributed by atoms with Gasteiger partial charge < -0.3 is 0 Å². The molecular formula is C17H19NO2S. The van der Waals surface area contributed by atoms with Gasteiger partial charge in [0.25, 0.3) is 0 Å². The van der Waals surface area contributed by atoms with Crippen LogP contribution in [0.25, 0.3) is 0 Å². The maximum atomic E-state index is 12.6. The van der Waals surface area contributed by atoms with Crippen LogP contribution in [-0.2, 0) is 10.0 Å². The SMILES string of the molecule is Cc1ccc(S(=O)(=O)N2CC[C@H](c3ccccc3)C2)cc1. The lowest BCUT2D eigenvalue weighted by molar-refractivity contribution is 0.473. The predicted octanol–water partition coefficient (Wildman–Crippen LogP) is 3.17. The van der Waals surface area contributed by atoms with Crippen LogP contribution in [0.1, 0.15) is 23.5 Å². The van der Waals surface area contributed by atoms with Crippen molar-refractivity contribution >= 4 is 10.0 Å². The Balaban J connectivity index is 1.81. The first-order chi connectivity index (χ1) is 10.1. The number of sulfonamides is 1. The number of aryl methyl sites for hydroxylation is 1. The lowest BCUT2D eigenvalue weighted by atomic mass is 9.99. The van der Waals surface area contributed by atoms with Crippen molar-refractivity contribution in [2.24, 2.45) is 0 Å². The molecule has 0 spiro atoms. The standard InChI is InChI=1S/C17H19NO2S/c1-14-7-9-17(10-8-14)21(19,20)18-12-11-16(13-18)15-5-3-2-4-6-15/h2-10,16H,11-13H2,1H3/t16-/m0/s1. The Labute approximate surface area is 126 Å². The molecule has 0 bridgehead atoms. The highest BCUT2D eigenvalue weighted by Gasteiger charge is 2.32. The van der Waals surface area contributed by atoms with E-state index in [1.54, 1.807) is 16.4 Å². The fourth-order valence-corrected chi connectivity index (χ4v) is 4.30. The van der Waals surface area contributed by atoms with Crippen LogP contribution in [-0.4, -0.2) is 25.8 Å². The molecule has 0 aliphatic carbocycles. The van der Waals surface area contributed by atoms with Gasteiger partial charge in [-0.25, -0.2) is 8.42 Å². The second-order valence-electron chi connectivity index (χ2n) is 5.57. The molecule has 1 saturated heterocycles. The van der Waals surface area contributed by atoms with Gasteiger partial charge in [0.05, 0.1) is 4.90 Å². The lowest BCUT2D eigenvalue weighted by Crippen LogP contribution is -2.28. The van der Waals surface area contributed by atoms with Crippen LogP contribution in [0.4, 0.5) is 0 Å². The summed E-state index contributed by atoms with van der Waals surface area (Å²) in [5, 5.41) is 0. The monoisotopic (exact) mass is 301 g/mol. The summed E-state index contributed by atoms with van der Waals surface area (Å²) in [6, 6.07) is 17.2. The van der Waals surface area contributed by atoms with Crippen LogP contribution >= 0.6 is 0 Å². The first-order valence-corrected chi connectivity index (χ1v) is 8.63. The zero-order valence-corrected chi connectivity index (χ0v) is 12.9. The maximum absolute atomic E-state index is 12.6. The van der Waals surface area contributed by atoms with Crippen LogP contribution in [0.3, 0.4) is 0 Å². The zero-order chi connectivity index (χ0) is 14.9. The number of hydrogen-bond acceptors (Lipinski definition) is 2. The molecule has 0 radical (unpaired) electrons. The Hall–Kier alpha value is -1.65. The van der Waals surface area contributed by atoms with Gasteiger partial charge in [-0.3, -0.25) is 0 Å². The molecule has 3 nitrogen and oxygen atoms in total. The molecule has 1 aliphatic rings. The molecule has 1 heterocycles. The first-order valence-electron chi connectivity index (χ1n) is 7.19. The normalized spacial score (nSPS) is 19.8. The van der Waals surface area contributed by atoms with E-state index >= 15 is 0 Å². The largest absolute Gasteiger partial charge is 0.243 e. The molecule has 110 valence electrons. The van der Waals surface area contributed by atoms with Gasteiger partial charge in [0, 0.05) is 13.1 Å². The molecule has 0 N–H and O–H groups in total. The highest BCUT2D eigenvalue weighted by molar-refractivity contribution is 7.89. The summed E-state index contributed by atoms with van der Waals surface area (Å²) in [4.78, 5) is 0.391. The summed E-state index contributed by atoms with van der Waals surface area (Å²) in [6.07, 6.45) is 0.884. The van der Waals surface area contributed by atoms with Crippen LogP contribution in [0.5, 0.6) is 0 Å². The quantitative estimate of drug-likeness (QED) is 0.873. The molecule has 2 aromatic carbocycles. The van der Waals surface area contributed by atoms with Crippen LogP contribution in [0, 0.1) is 6.92 Å². The fourth-order valence-electron chi connectivity index (χ4n) is 2.80. The van der Waals surface area contributed by atoms with Crippen molar-refractivity contribution in [1.29, 1.82) is 0 Å². The third-order valence-corrected chi connectivity index (χ3v) is 5.96. The minimum Gasteiger partial charge on any atom is -0.207 e. The molecule has 21 heavy (non-hydrogen) atoms. The van der Waals surface area contributed by atoms with E-state index in [2.05, 4.69) is 12.1 Å². The van der Waals surface area contributed by atoms with Gasteiger partial charge >= 0.3 is 0 Å². The third-order valence-electron chi connectivity index (χ3n) is 4.08. The highest BCUT2D eigenvalue weighted by atomic mass is 32.2. The molecule has 3 rings (SSSR count). The lowest BCUT2D eigenvalue weighted by Gasteiger charge is -2.17. The van der Waals surface area contributed by atoms with E-state index in [0.29, 0.717) is 23.9 Å². The van der Waals surface area contributed by atoms with Gasteiger partial charge in [-0.05, 0) is 37.0 Å². The summed E-state index contributed by atoms with van der Waals surface area (Å²) in [5.41, 5.74) is 2.29. The molecule has 0 saturated carbocycles. The topological polar surface area (TPSA) is 37.4 Å². The van der Waals surface area contributed by atoms with Crippen LogP contribution in [0.2, 0.25) is 0 Å². The summed E-state index contributed by atoms with van der Waals surface area (Å²) in [5.74, 6) is 0.298. The predicted molar refractivity (Wildman–Crippen MR) is 83.7 cm³/mol. The molecular weight excluding hydrogens is 282 g/mol. The summed E-state index contributed by atoms with van der Waals surface area (Å²) < 4.78 is 26.9. The van der Waals surface area contributed by atoms with Gasteiger partial charge in [0.1, 0.15) is 0 Å². The van der Waals surface area contributed by atoms with Gasteiger partial charge in [-0.2, -0.15) is 4.31 Å². The third kappa shape index (κ3) is 2.87. The highest BCUT2D eigenvalue weighted by Crippen LogP contribution is 2.30. The average molecular weight is 301 g/mol. The Morgan fingerprint density at radius 3 is 2.33 bits per heavy atom. The smallest absolute Gasteiger partial charge is 0.207 e. The van der Waals surface area contributed by atoms with Crippen molar-refractivity contribution in [3.8, 4) is 0 Å². The van der Waals surface area contributed by atoms with Gasteiger partial charge in [-0.15, -0.1) is 0 Å². The van der Waals surface area contributed by atoms with Gasteiger partial charge in [0.15, 0.2) is 0 Å². The van der Waals surface area contributed by atoms with E-state index < -0.39 is 10.0 Å². The number of nitrogens with zero attached hydrogens (tertiary/aromatic N) is 1. The Morgan fingerprint density at radius 1 is 1.00 bits per heavy atom. The molecule has 2 aromatic rings. The Morgan fingerprint density at radius 2 is 1.67 bits per heavy atom. The van der Waals surface area contributed by atoms with Crippen molar-refractivity contribution in [3.63, 3.8) is 0 Å². The molecule has 0 unspecified atom stereocenters. The first kappa shape index (κ1) is 14.3. The zero-order valence-electron chi connectivity index (χ0n) is 12.1. The van der Waals surface area contributed by atoms with E-state index in [-0.39, 0.29) is 0 Å². The van der Waals surface area contributed by atoms with E-state index in [1.807, 2.05) is 37.3 Å². The number of hydrogen-bond donors (Lipinski definition) is 0. The van der Waals surface area contributed by atoms with Gasteiger partial charge in [-0.1, -0.05) is 48.0 Å². The minimum absolute atomic E-state index is 0.298. The van der Waals surface area contributed by atoms with Crippen molar-refractivity contribution in [2.75, 3.05) is 13.1 Å². The number of benzene rings is 2. The van der Waals surface area contributed by atoms with Crippen molar-refractivity contribution in [2.45, 2.75) is 24.2 Å². The molecule has 1 atom stereocenters. The molecule has 1 fully saturated rings. The Kier molecular flexibility index (Phi) is 3.83. The number of rotatable bonds is 3. The summed E-state index contributed by atoms with van der Waals surface area (Å²) >= 11 is 0. The van der Waals surface area contributed by atoms with Crippen LogP contribution in [0.15, 0.2) is 59.5 Å². The minimum atomic E-state index is -3.36. The van der Waals surface area contributed by atoms with E-state index in [4.69, 9.17) is 0 Å². The second kappa shape index (κ2) is 5.62. The molecule has 4 heteroatoms. The van der Waals surface area contributed by atoms with E-state index in [1.165, 1.54) is 5.56 Å². The van der Waals surface area contributed by atoms with Crippen LogP contribution < -0.4 is 0 Å². The van der Waals surface area contributed by atoms with E-state index in [9.17, 15) is 8.42 Å². The summed E-state index contributed by atoms with van der Waals surface area (Å²) in [6.45, 7) is 3.12. The average Bonchev–Trinajstić information content (AvgIpc) is 2.99. The maximum Gasteiger partial charge on any atom is 0.243 e. The summed E-state index contributed by atoms with van der Waals surface area (Å²) in [7, 11) is -3.36. The van der Waals surface area contributed by atoms with Crippen molar-refractivity contribution in [3.05, 3.63) is 65.7 Å². The van der Waals surface area contributed by atoms with Crippen molar-refractivity contribution in [1.82, 2.24) is 4.31 Å².